The number of aliphatic hydroxyl groups excluding tert-OH is 1. The second kappa shape index (κ2) is 16.5. The number of benzene rings is 2. The Morgan fingerprint density at radius 2 is 1.45 bits per heavy atom. The molecular weight excluding hydrogens is 518 g/mol. The summed E-state index contributed by atoms with van der Waals surface area (Å²) in [5, 5.41) is 19.0. The molecule has 2 aromatic rings. The maximum atomic E-state index is 13.9. The predicted octanol–water partition coefficient (Wildman–Crippen LogP) is 4.34. The van der Waals surface area contributed by atoms with Crippen LogP contribution >= 0.6 is 0 Å². The molecule has 8 nitrogen and oxygen atoms in total. The van der Waals surface area contributed by atoms with E-state index in [1.165, 1.54) is 6.07 Å². The fraction of sp³-hybridized carbons (Fsp3) is 0.500. The van der Waals surface area contributed by atoms with Gasteiger partial charge in [-0.3, -0.25) is 9.59 Å². The monoisotopic (exact) mass is 560 g/mol. The van der Waals surface area contributed by atoms with Crippen molar-refractivity contribution in [3.05, 3.63) is 70.3 Å². The molecule has 0 aliphatic carbocycles. The van der Waals surface area contributed by atoms with Gasteiger partial charge in [-0.2, -0.15) is 0 Å². The summed E-state index contributed by atoms with van der Waals surface area (Å²) < 4.78 is 27.7. The van der Waals surface area contributed by atoms with Crippen molar-refractivity contribution in [1.82, 2.24) is 20.9 Å². The maximum absolute atomic E-state index is 13.9. The van der Waals surface area contributed by atoms with E-state index < -0.39 is 29.7 Å². The summed E-state index contributed by atoms with van der Waals surface area (Å²) in [6, 6.07) is 6.63. The maximum Gasteiger partial charge on any atom is 0.314 e. The molecule has 0 aromatic heterocycles. The Balaban J connectivity index is 2.25. The lowest BCUT2D eigenvalue weighted by atomic mass is 9.97. The molecule has 2 rings (SSSR count). The predicted molar refractivity (Wildman–Crippen MR) is 151 cm³/mol. The van der Waals surface area contributed by atoms with Gasteiger partial charge in [-0.25, -0.2) is 13.6 Å². The van der Waals surface area contributed by atoms with Crippen molar-refractivity contribution in [2.75, 3.05) is 26.2 Å². The summed E-state index contributed by atoms with van der Waals surface area (Å²) in [7, 11) is 0. The smallest absolute Gasteiger partial charge is 0.314 e. The fourth-order valence-corrected chi connectivity index (χ4v) is 4.43. The number of amides is 4. The van der Waals surface area contributed by atoms with Crippen LogP contribution in [0.5, 0.6) is 0 Å². The lowest BCUT2D eigenvalue weighted by molar-refractivity contribution is 0.0755. The molecule has 4 N–H and O–H groups in total. The second-order valence-electron chi connectivity index (χ2n) is 9.98. The third-order valence-corrected chi connectivity index (χ3v) is 6.28. The Hall–Kier alpha value is -3.53. The zero-order valence-electron chi connectivity index (χ0n) is 23.9. The van der Waals surface area contributed by atoms with E-state index in [-0.39, 0.29) is 42.5 Å². The Morgan fingerprint density at radius 1 is 0.850 bits per heavy atom. The van der Waals surface area contributed by atoms with Gasteiger partial charge in [0.2, 0.25) is 0 Å². The Labute approximate surface area is 235 Å². The molecule has 40 heavy (non-hydrogen) atoms. The van der Waals surface area contributed by atoms with Gasteiger partial charge in [0.25, 0.3) is 11.8 Å². The molecule has 0 spiro atoms. The molecule has 0 saturated heterocycles. The van der Waals surface area contributed by atoms with E-state index in [1.54, 1.807) is 24.0 Å². The summed E-state index contributed by atoms with van der Waals surface area (Å²) >= 11 is 0. The third kappa shape index (κ3) is 10.6. The normalized spacial score (nSPS) is 12.4. The molecule has 10 heteroatoms. The quantitative estimate of drug-likeness (QED) is 0.260. The van der Waals surface area contributed by atoms with Crippen LogP contribution in [0.3, 0.4) is 0 Å². The minimum atomic E-state index is -1.14. The zero-order valence-corrected chi connectivity index (χ0v) is 23.9. The van der Waals surface area contributed by atoms with Crippen molar-refractivity contribution < 1.29 is 28.3 Å². The molecule has 0 aliphatic rings. The van der Waals surface area contributed by atoms with Gasteiger partial charge in [-0.1, -0.05) is 20.8 Å². The highest BCUT2D eigenvalue weighted by Crippen LogP contribution is 2.16. The standard InChI is InChI=1S/C30H42F2N4O4/c1-5-9-33-30(40)34-10-8-27(37)26(17-21-15-24(31)19-25(32)16-21)35-28(38)22-13-20(4)14-23(18-22)29(39)36(11-6-2)12-7-3/h13-16,18-19,26-27,37H,5-12,17H2,1-4H3,(H,35,38)(H2,33,34,40). The van der Waals surface area contributed by atoms with E-state index in [9.17, 15) is 28.3 Å². The number of nitrogens with one attached hydrogen (secondary N) is 3. The van der Waals surface area contributed by atoms with Gasteiger partial charge in [0.1, 0.15) is 11.6 Å². The van der Waals surface area contributed by atoms with E-state index in [4.69, 9.17) is 0 Å². The van der Waals surface area contributed by atoms with Gasteiger partial charge in [0.05, 0.1) is 12.1 Å². The highest BCUT2D eigenvalue weighted by molar-refractivity contribution is 6.00. The highest BCUT2D eigenvalue weighted by atomic mass is 19.1. The van der Waals surface area contributed by atoms with E-state index >= 15 is 0 Å². The number of aliphatic hydroxyl groups is 1. The van der Waals surface area contributed by atoms with Crippen LogP contribution in [0.1, 0.15) is 78.3 Å². The van der Waals surface area contributed by atoms with Crippen LogP contribution in [0, 0.1) is 18.6 Å². The van der Waals surface area contributed by atoms with Crippen LogP contribution in [0.25, 0.3) is 0 Å². The van der Waals surface area contributed by atoms with Crippen molar-refractivity contribution in [2.45, 2.75) is 71.9 Å². The first-order valence-electron chi connectivity index (χ1n) is 13.9. The molecule has 2 aromatic carbocycles. The first-order valence-corrected chi connectivity index (χ1v) is 13.9. The van der Waals surface area contributed by atoms with Gasteiger partial charge in [0, 0.05) is 43.4 Å². The number of carbonyl (C=O) groups is 3. The number of rotatable bonds is 15. The molecule has 0 radical (unpaired) electrons. The SMILES string of the molecule is CCCNC(=O)NCCC(O)C(Cc1cc(F)cc(F)c1)NC(=O)c1cc(C)cc(C(=O)N(CCC)CCC)c1. The van der Waals surface area contributed by atoms with E-state index in [0.717, 1.165) is 43.0 Å². The number of nitrogens with zero attached hydrogens (tertiary/aromatic N) is 1. The number of hydrogen-bond acceptors (Lipinski definition) is 4. The summed E-state index contributed by atoms with van der Waals surface area (Å²) in [6.45, 7) is 9.53. The van der Waals surface area contributed by atoms with E-state index in [0.29, 0.717) is 25.2 Å². The Morgan fingerprint density at radius 3 is 2.05 bits per heavy atom. The largest absolute Gasteiger partial charge is 0.391 e. The minimum Gasteiger partial charge on any atom is -0.391 e. The Kier molecular flexibility index (Phi) is 13.5. The number of halogens is 2. The van der Waals surface area contributed by atoms with Crippen molar-refractivity contribution in [3.63, 3.8) is 0 Å². The number of aryl methyl sites for hydroxylation is 1. The zero-order chi connectivity index (χ0) is 29.7. The van der Waals surface area contributed by atoms with Crippen molar-refractivity contribution in [1.29, 1.82) is 0 Å². The average Bonchev–Trinajstić information content (AvgIpc) is 2.90. The number of carbonyl (C=O) groups excluding carboxylic acids is 3. The summed E-state index contributed by atoms with van der Waals surface area (Å²) in [6.07, 6.45) is 1.28. The lowest BCUT2D eigenvalue weighted by Crippen LogP contribution is -2.46. The Bertz CT molecular complexity index is 1120. The molecule has 4 amide bonds. The van der Waals surface area contributed by atoms with Crippen LogP contribution in [-0.4, -0.2) is 66.2 Å². The molecule has 0 heterocycles. The van der Waals surface area contributed by atoms with E-state index in [2.05, 4.69) is 16.0 Å². The summed E-state index contributed by atoms with van der Waals surface area (Å²) in [5.74, 6) is -2.24. The minimum absolute atomic E-state index is 0.0536. The number of urea groups is 1. The summed E-state index contributed by atoms with van der Waals surface area (Å²) in [4.78, 5) is 40.1. The van der Waals surface area contributed by atoms with Crippen LogP contribution in [0.4, 0.5) is 13.6 Å². The summed E-state index contributed by atoms with van der Waals surface area (Å²) in [5.41, 5.74) is 1.59. The van der Waals surface area contributed by atoms with Gasteiger partial charge >= 0.3 is 6.03 Å². The molecular formula is C30H42F2N4O4. The molecule has 0 fully saturated rings. The second-order valence-corrected chi connectivity index (χ2v) is 9.98. The van der Waals surface area contributed by atoms with Crippen LogP contribution < -0.4 is 16.0 Å². The third-order valence-electron chi connectivity index (χ3n) is 6.28. The molecule has 2 atom stereocenters. The highest BCUT2D eigenvalue weighted by Gasteiger charge is 2.24. The van der Waals surface area contributed by atoms with Gasteiger partial charge in [0.15, 0.2) is 0 Å². The van der Waals surface area contributed by atoms with E-state index in [1.807, 2.05) is 20.8 Å². The molecule has 0 bridgehead atoms. The average molecular weight is 561 g/mol. The van der Waals surface area contributed by atoms with Gasteiger partial charge < -0.3 is 26.0 Å². The fourth-order valence-electron chi connectivity index (χ4n) is 4.43. The first kappa shape index (κ1) is 32.7. The van der Waals surface area contributed by atoms with Crippen LogP contribution in [0.15, 0.2) is 36.4 Å². The number of hydrogen-bond donors (Lipinski definition) is 4. The van der Waals surface area contributed by atoms with Gasteiger partial charge in [-0.05, 0) is 80.5 Å². The van der Waals surface area contributed by atoms with Crippen LogP contribution in [-0.2, 0) is 6.42 Å². The van der Waals surface area contributed by atoms with Gasteiger partial charge in [-0.15, -0.1) is 0 Å². The van der Waals surface area contributed by atoms with Crippen molar-refractivity contribution in [3.8, 4) is 0 Å². The van der Waals surface area contributed by atoms with Crippen molar-refractivity contribution in [2.24, 2.45) is 0 Å². The first-order chi connectivity index (χ1) is 19.1. The molecule has 0 aliphatic heterocycles. The van der Waals surface area contributed by atoms with Crippen molar-refractivity contribution >= 4 is 17.8 Å². The molecule has 0 saturated carbocycles. The molecule has 220 valence electrons. The van der Waals surface area contributed by atoms with Crippen LogP contribution in [0.2, 0.25) is 0 Å². The molecule has 2 unspecified atom stereocenters. The topological polar surface area (TPSA) is 111 Å². The lowest BCUT2D eigenvalue weighted by Gasteiger charge is -2.25.